The SMILES string of the molecule is C[C@@H](CCNc1ccc(Cl)c(Oc2ccc(F)cc2)c1)C([O-])=NC(Cc1ccc(OC2CC2)c(Cl)c1)CN1CCCC1. The number of nitrogens with zero attached hydrogens (tertiary/aromatic N) is 2. The van der Waals surface area contributed by atoms with Gasteiger partial charge in [0.05, 0.1) is 22.2 Å². The van der Waals surface area contributed by atoms with Crippen molar-refractivity contribution in [2.24, 2.45) is 10.9 Å². The van der Waals surface area contributed by atoms with Gasteiger partial charge < -0.3 is 29.8 Å². The van der Waals surface area contributed by atoms with Gasteiger partial charge in [0, 0.05) is 24.8 Å². The molecule has 3 aromatic rings. The van der Waals surface area contributed by atoms with E-state index in [0.29, 0.717) is 40.9 Å². The zero-order chi connectivity index (χ0) is 29.5. The van der Waals surface area contributed by atoms with Gasteiger partial charge in [0.2, 0.25) is 0 Å². The van der Waals surface area contributed by atoms with Crippen LogP contribution in [0.2, 0.25) is 10.0 Å². The number of aliphatic imine (C=N–C) groups is 1. The van der Waals surface area contributed by atoms with Gasteiger partial charge in [0.1, 0.15) is 23.1 Å². The van der Waals surface area contributed by atoms with Crippen LogP contribution in [-0.2, 0) is 6.42 Å². The Bertz CT molecular complexity index is 1360. The molecule has 1 N–H and O–H groups in total. The Morgan fingerprint density at radius 1 is 1.02 bits per heavy atom. The van der Waals surface area contributed by atoms with Crippen molar-refractivity contribution in [2.45, 2.75) is 57.6 Å². The maximum atomic E-state index is 13.2. The fourth-order valence-electron chi connectivity index (χ4n) is 5.00. The topological polar surface area (TPSA) is 69.1 Å². The largest absolute Gasteiger partial charge is 0.862 e. The number of nitrogens with one attached hydrogen (secondary N) is 1. The van der Waals surface area contributed by atoms with Gasteiger partial charge in [-0.3, -0.25) is 0 Å². The molecule has 224 valence electrons. The molecule has 1 aliphatic heterocycles. The number of likely N-dealkylation sites (tertiary alicyclic amines) is 1. The van der Waals surface area contributed by atoms with Crippen LogP contribution in [0.5, 0.6) is 17.2 Å². The van der Waals surface area contributed by atoms with Crippen LogP contribution in [0.1, 0.15) is 44.6 Å². The molecule has 1 heterocycles. The monoisotopic (exact) mass is 612 g/mol. The van der Waals surface area contributed by atoms with Gasteiger partial charge in [-0.15, -0.1) is 0 Å². The molecule has 42 heavy (non-hydrogen) atoms. The van der Waals surface area contributed by atoms with Crippen LogP contribution in [0.25, 0.3) is 0 Å². The predicted octanol–water partition coefficient (Wildman–Crippen LogP) is 7.37. The molecule has 9 heteroatoms. The summed E-state index contributed by atoms with van der Waals surface area (Å²) in [4.78, 5) is 7.10. The summed E-state index contributed by atoms with van der Waals surface area (Å²) in [6, 6.07) is 16.9. The van der Waals surface area contributed by atoms with Crippen LogP contribution < -0.4 is 19.9 Å². The highest BCUT2D eigenvalue weighted by molar-refractivity contribution is 6.32. The second-order valence-electron chi connectivity index (χ2n) is 11.2. The number of rotatable bonds is 14. The standard InChI is InChI=1S/C33H38Cl2FN3O3/c1-22(14-15-37-25-7-12-29(34)32(20-25)42-27-8-5-24(36)6-9-27)33(40)38-26(21-39-16-2-3-17-39)18-23-4-13-31(30(35)19-23)41-28-10-11-28/h4-9,12-13,19-20,22,26,28,37H,2-3,10-11,14-18,21H2,1H3,(H,38,40)/p-1/t22-,26?/m0/s1. The molecule has 2 fully saturated rings. The van der Waals surface area contributed by atoms with Gasteiger partial charge in [0.15, 0.2) is 0 Å². The normalized spacial score (nSPS) is 17.2. The van der Waals surface area contributed by atoms with E-state index < -0.39 is 0 Å². The minimum Gasteiger partial charge on any atom is -0.862 e. The fourth-order valence-corrected chi connectivity index (χ4v) is 5.41. The molecule has 6 nitrogen and oxygen atoms in total. The van der Waals surface area contributed by atoms with E-state index in [4.69, 9.17) is 37.7 Å². The number of ether oxygens (including phenoxy) is 2. The average Bonchev–Trinajstić information content (AvgIpc) is 3.64. The molecular formula is C33H37Cl2FN3O3-. The third-order valence-electron chi connectivity index (χ3n) is 7.56. The van der Waals surface area contributed by atoms with E-state index in [2.05, 4.69) is 10.2 Å². The van der Waals surface area contributed by atoms with Crippen molar-refractivity contribution in [1.82, 2.24) is 4.90 Å². The van der Waals surface area contributed by atoms with E-state index in [9.17, 15) is 9.50 Å². The molecule has 1 saturated heterocycles. The van der Waals surface area contributed by atoms with Crippen molar-refractivity contribution in [3.63, 3.8) is 0 Å². The van der Waals surface area contributed by atoms with Crippen LogP contribution >= 0.6 is 23.2 Å². The molecule has 1 aliphatic carbocycles. The highest BCUT2D eigenvalue weighted by Gasteiger charge is 2.25. The quantitative estimate of drug-likeness (QED) is 0.152. The Hall–Kier alpha value is -3.00. The van der Waals surface area contributed by atoms with E-state index in [1.807, 2.05) is 31.2 Å². The zero-order valence-electron chi connectivity index (χ0n) is 23.8. The van der Waals surface area contributed by atoms with Crippen LogP contribution in [-0.4, -0.2) is 49.1 Å². The van der Waals surface area contributed by atoms with Gasteiger partial charge in [-0.1, -0.05) is 36.2 Å². The van der Waals surface area contributed by atoms with Gasteiger partial charge >= 0.3 is 0 Å². The Labute approximate surface area is 257 Å². The van der Waals surface area contributed by atoms with Crippen molar-refractivity contribution < 1.29 is 19.0 Å². The lowest BCUT2D eigenvalue weighted by Gasteiger charge is -2.26. The molecule has 3 aromatic carbocycles. The highest BCUT2D eigenvalue weighted by atomic mass is 35.5. The van der Waals surface area contributed by atoms with E-state index >= 15 is 0 Å². The first-order valence-electron chi connectivity index (χ1n) is 14.7. The van der Waals surface area contributed by atoms with Crippen molar-refractivity contribution >= 4 is 34.8 Å². The maximum absolute atomic E-state index is 13.2. The lowest BCUT2D eigenvalue weighted by Crippen LogP contribution is -2.35. The Kier molecular flexibility index (Phi) is 10.5. The van der Waals surface area contributed by atoms with E-state index in [-0.39, 0.29) is 29.8 Å². The second-order valence-corrected chi connectivity index (χ2v) is 12.0. The molecule has 0 radical (unpaired) electrons. The van der Waals surface area contributed by atoms with Gasteiger partial charge in [-0.2, -0.15) is 0 Å². The molecular weight excluding hydrogens is 576 g/mol. The van der Waals surface area contributed by atoms with Crippen LogP contribution in [0.15, 0.2) is 65.7 Å². The highest BCUT2D eigenvalue weighted by Crippen LogP contribution is 2.34. The maximum Gasteiger partial charge on any atom is 0.148 e. The number of hydrogen-bond acceptors (Lipinski definition) is 6. The summed E-state index contributed by atoms with van der Waals surface area (Å²) in [6.45, 7) is 5.35. The average molecular weight is 614 g/mol. The first kappa shape index (κ1) is 30.5. The summed E-state index contributed by atoms with van der Waals surface area (Å²) < 4.78 is 24.9. The van der Waals surface area contributed by atoms with E-state index in [1.54, 1.807) is 24.3 Å². The summed E-state index contributed by atoms with van der Waals surface area (Å²) in [7, 11) is 0. The van der Waals surface area contributed by atoms with Crippen LogP contribution in [0, 0.1) is 11.7 Å². The van der Waals surface area contributed by atoms with Crippen LogP contribution in [0.3, 0.4) is 0 Å². The van der Waals surface area contributed by atoms with E-state index in [0.717, 1.165) is 49.5 Å². The molecule has 2 aliphatic rings. The summed E-state index contributed by atoms with van der Waals surface area (Å²) in [5, 5.41) is 17.6. The smallest absolute Gasteiger partial charge is 0.148 e. The Morgan fingerprint density at radius 2 is 1.79 bits per heavy atom. The molecule has 1 saturated carbocycles. The Morgan fingerprint density at radius 3 is 2.50 bits per heavy atom. The summed E-state index contributed by atoms with van der Waals surface area (Å²) in [5.74, 6) is 1.02. The van der Waals surface area contributed by atoms with Gasteiger partial charge in [-0.25, -0.2) is 4.39 Å². The molecule has 1 unspecified atom stereocenters. The minimum atomic E-state index is -0.334. The van der Waals surface area contributed by atoms with E-state index in [1.165, 1.54) is 25.0 Å². The summed E-state index contributed by atoms with van der Waals surface area (Å²) in [5.41, 5.74) is 1.87. The molecule has 0 spiro atoms. The van der Waals surface area contributed by atoms with Gasteiger partial charge in [0.25, 0.3) is 0 Å². The first-order valence-corrected chi connectivity index (χ1v) is 15.5. The third kappa shape index (κ3) is 9.00. The zero-order valence-corrected chi connectivity index (χ0v) is 25.3. The van der Waals surface area contributed by atoms with Crippen molar-refractivity contribution in [1.29, 1.82) is 0 Å². The fraction of sp³-hybridized carbons (Fsp3) is 0.424. The van der Waals surface area contributed by atoms with Gasteiger partial charge in [-0.05, 0) is 118 Å². The summed E-state index contributed by atoms with van der Waals surface area (Å²) in [6.07, 6.45) is 6.09. The molecule has 5 rings (SSSR count). The second kappa shape index (κ2) is 14.5. The number of anilines is 1. The Balaban J connectivity index is 1.18. The number of halogens is 3. The molecule has 0 aromatic heterocycles. The predicted molar refractivity (Wildman–Crippen MR) is 166 cm³/mol. The lowest BCUT2D eigenvalue weighted by molar-refractivity contribution is -0.224. The molecule has 0 amide bonds. The lowest BCUT2D eigenvalue weighted by atomic mass is 10.0. The first-order chi connectivity index (χ1) is 20.3. The summed E-state index contributed by atoms with van der Waals surface area (Å²) >= 11 is 12.8. The number of hydrogen-bond donors (Lipinski definition) is 1. The van der Waals surface area contributed by atoms with Crippen molar-refractivity contribution in [2.75, 3.05) is 31.5 Å². The van der Waals surface area contributed by atoms with Crippen molar-refractivity contribution in [3.05, 3.63) is 82.1 Å². The minimum absolute atomic E-state index is 0.0859. The molecule has 0 bridgehead atoms. The van der Waals surface area contributed by atoms with Crippen molar-refractivity contribution in [3.8, 4) is 17.2 Å². The third-order valence-corrected chi connectivity index (χ3v) is 8.17. The number of benzene rings is 3. The molecule has 2 atom stereocenters. The van der Waals surface area contributed by atoms with Crippen LogP contribution in [0.4, 0.5) is 10.1 Å².